The molecule has 0 unspecified atom stereocenters. The van der Waals surface area contributed by atoms with E-state index in [9.17, 15) is 0 Å². The van der Waals surface area contributed by atoms with Gasteiger partial charge in [0, 0.05) is 18.5 Å². The Bertz CT molecular complexity index is 266. The van der Waals surface area contributed by atoms with Crippen LogP contribution in [0.5, 0.6) is 0 Å². The van der Waals surface area contributed by atoms with Gasteiger partial charge < -0.3 is 4.57 Å². The summed E-state index contributed by atoms with van der Waals surface area (Å²) in [6, 6.07) is 0. The van der Waals surface area contributed by atoms with E-state index in [2.05, 4.69) is 43.4 Å². The molecule has 1 rings (SSSR count). The van der Waals surface area contributed by atoms with Gasteiger partial charge in [0.25, 0.3) is 0 Å². The lowest BCUT2D eigenvalue weighted by Gasteiger charge is -2.00. The minimum Gasteiger partial charge on any atom is -0.335 e. The highest BCUT2D eigenvalue weighted by molar-refractivity contribution is 7.99. The molecule has 74 valence electrons. The van der Waals surface area contributed by atoms with Crippen LogP contribution in [0.15, 0.2) is 6.20 Å². The Morgan fingerprint density at radius 3 is 2.69 bits per heavy atom. The van der Waals surface area contributed by atoms with Crippen LogP contribution in [-0.2, 0) is 12.3 Å². The monoisotopic (exact) mass is 198 g/mol. The fourth-order valence-corrected chi connectivity index (χ4v) is 1.86. The van der Waals surface area contributed by atoms with Crippen LogP contribution in [0.4, 0.5) is 0 Å². The minimum absolute atomic E-state index is 0.687. The molecule has 0 radical (unpaired) electrons. The van der Waals surface area contributed by atoms with E-state index in [1.165, 1.54) is 5.69 Å². The first-order valence-electron chi connectivity index (χ1n) is 4.77. The molecule has 13 heavy (non-hydrogen) atoms. The maximum atomic E-state index is 4.50. The molecule has 0 N–H and O–H groups in total. The summed E-state index contributed by atoms with van der Waals surface area (Å²) in [6.07, 6.45) is 2.16. The average molecular weight is 198 g/mol. The Morgan fingerprint density at radius 2 is 2.23 bits per heavy atom. The predicted molar refractivity (Wildman–Crippen MR) is 59.1 cm³/mol. The van der Waals surface area contributed by atoms with Crippen LogP contribution in [0, 0.1) is 6.92 Å². The second-order valence-electron chi connectivity index (χ2n) is 3.43. The molecular weight excluding hydrogens is 180 g/mol. The van der Waals surface area contributed by atoms with Crippen molar-refractivity contribution in [1.29, 1.82) is 0 Å². The SMILES string of the molecule is CCn1cc(CSC(C)C)nc1C. The number of aromatic nitrogens is 2. The van der Waals surface area contributed by atoms with Gasteiger partial charge in [-0.15, -0.1) is 0 Å². The fraction of sp³-hybridized carbons (Fsp3) is 0.700. The second kappa shape index (κ2) is 4.70. The van der Waals surface area contributed by atoms with Crippen LogP contribution in [0.1, 0.15) is 32.3 Å². The van der Waals surface area contributed by atoms with Crippen molar-refractivity contribution >= 4 is 11.8 Å². The second-order valence-corrected chi connectivity index (χ2v) is 4.99. The molecule has 0 spiro atoms. The van der Waals surface area contributed by atoms with Crippen LogP contribution < -0.4 is 0 Å². The number of nitrogens with zero attached hydrogens (tertiary/aromatic N) is 2. The van der Waals surface area contributed by atoms with Crippen LogP contribution in [0.2, 0.25) is 0 Å². The lowest BCUT2D eigenvalue weighted by molar-refractivity contribution is 0.730. The molecule has 0 saturated heterocycles. The molecule has 2 nitrogen and oxygen atoms in total. The topological polar surface area (TPSA) is 17.8 Å². The van der Waals surface area contributed by atoms with E-state index in [0.717, 1.165) is 18.1 Å². The molecule has 3 heteroatoms. The molecule has 0 aliphatic carbocycles. The zero-order chi connectivity index (χ0) is 9.84. The van der Waals surface area contributed by atoms with E-state index in [1.807, 2.05) is 11.8 Å². The lowest BCUT2D eigenvalue weighted by atomic mass is 10.5. The quantitative estimate of drug-likeness (QED) is 0.740. The highest BCUT2D eigenvalue weighted by Crippen LogP contribution is 2.16. The first-order chi connectivity index (χ1) is 6.13. The van der Waals surface area contributed by atoms with Crippen molar-refractivity contribution in [3.05, 3.63) is 17.7 Å². The van der Waals surface area contributed by atoms with Crippen molar-refractivity contribution in [2.45, 2.75) is 45.2 Å². The van der Waals surface area contributed by atoms with E-state index in [4.69, 9.17) is 0 Å². The van der Waals surface area contributed by atoms with Gasteiger partial charge in [-0.05, 0) is 19.1 Å². The van der Waals surface area contributed by atoms with Gasteiger partial charge in [0.1, 0.15) is 5.82 Å². The standard InChI is InChI=1S/C10H18N2S/c1-5-12-6-10(11-9(12)4)7-13-8(2)3/h6,8H,5,7H2,1-4H3. The van der Waals surface area contributed by atoms with Crippen molar-refractivity contribution in [3.8, 4) is 0 Å². The third-order valence-corrected chi connectivity index (χ3v) is 3.06. The Hall–Kier alpha value is -0.440. The average Bonchev–Trinajstić information content (AvgIpc) is 2.43. The summed E-state index contributed by atoms with van der Waals surface area (Å²) < 4.78 is 2.19. The van der Waals surface area contributed by atoms with E-state index < -0.39 is 0 Å². The van der Waals surface area contributed by atoms with Gasteiger partial charge in [-0.1, -0.05) is 13.8 Å². The van der Waals surface area contributed by atoms with Crippen molar-refractivity contribution < 1.29 is 0 Å². The normalized spacial score (nSPS) is 11.2. The molecule has 0 bridgehead atoms. The van der Waals surface area contributed by atoms with Gasteiger partial charge in [0.15, 0.2) is 0 Å². The number of hydrogen-bond donors (Lipinski definition) is 0. The lowest BCUT2D eigenvalue weighted by Crippen LogP contribution is -1.93. The van der Waals surface area contributed by atoms with Crippen LogP contribution in [0.3, 0.4) is 0 Å². The van der Waals surface area contributed by atoms with Gasteiger partial charge in [0.05, 0.1) is 5.69 Å². The molecule has 0 amide bonds. The van der Waals surface area contributed by atoms with Gasteiger partial charge in [-0.3, -0.25) is 0 Å². The largest absolute Gasteiger partial charge is 0.335 e. The van der Waals surface area contributed by atoms with E-state index in [0.29, 0.717) is 5.25 Å². The fourth-order valence-electron chi connectivity index (χ4n) is 1.22. The highest BCUT2D eigenvalue weighted by Gasteiger charge is 2.03. The molecule has 0 saturated carbocycles. The Morgan fingerprint density at radius 1 is 1.54 bits per heavy atom. The smallest absolute Gasteiger partial charge is 0.105 e. The van der Waals surface area contributed by atoms with Gasteiger partial charge in [0.2, 0.25) is 0 Å². The number of hydrogen-bond acceptors (Lipinski definition) is 2. The molecule has 1 aromatic heterocycles. The molecule has 0 aliphatic heterocycles. The van der Waals surface area contributed by atoms with Gasteiger partial charge >= 0.3 is 0 Å². The van der Waals surface area contributed by atoms with E-state index in [-0.39, 0.29) is 0 Å². The Kier molecular flexibility index (Phi) is 3.85. The third kappa shape index (κ3) is 3.07. The molecule has 0 aromatic carbocycles. The maximum absolute atomic E-state index is 4.50. The van der Waals surface area contributed by atoms with E-state index in [1.54, 1.807) is 0 Å². The number of rotatable bonds is 4. The highest BCUT2D eigenvalue weighted by atomic mass is 32.2. The van der Waals surface area contributed by atoms with Crippen LogP contribution >= 0.6 is 11.8 Å². The first kappa shape index (κ1) is 10.6. The van der Waals surface area contributed by atoms with Gasteiger partial charge in [-0.25, -0.2) is 4.98 Å². The third-order valence-electron chi connectivity index (χ3n) is 1.93. The maximum Gasteiger partial charge on any atom is 0.105 e. The zero-order valence-corrected chi connectivity index (χ0v) is 9.69. The Balaban J connectivity index is 2.57. The van der Waals surface area contributed by atoms with Crippen molar-refractivity contribution in [2.75, 3.05) is 0 Å². The predicted octanol–water partition coefficient (Wildman–Crippen LogP) is 2.85. The zero-order valence-electron chi connectivity index (χ0n) is 8.87. The molecule has 0 fully saturated rings. The minimum atomic E-state index is 0.687. The van der Waals surface area contributed by atoms with Crippen LogP contribution in [-0.4, -0.2) is 14.8 Å². The summed E-state index contributed by atoms with van der Waals surface area (Å²) in [4.78, 5) is 4.50. The summed E-state index contributed by atoms with van der Waals surface area (Å²) in [5.74, 6) is 2.16. The Labute approximate surface area is 84.7 Å². The first-order valence-corrected chi connectivity index (χ1v) is 5.82. The molecular formula is C10H18N2S. The number of thioether (sulfide) groups is 1. The van der Waals surface area contributed by atoms with E-state index >= 15 is 0 Å². The number of aryl methyl sites for hydroxylation is 2. The molecule has 1 aromatic rings. The number of imidazole rings is 1. The van der Waals surface area contributed by atoms with Crippen molar-refractivity contribution in [2.24, 2.45) is 0 Å². The summed E-state index contributed by atoms with van der Waals surface area (Å²) >= 11 is 1.94. The summed E-state index contributed by atoms with van der Waals surface area (Å²) in [5, 5.41) is 0.687. The van der Waals surface area contributed by atoms with Gasteiger partial charge in [-0.2, -0.15) is 11.8 Å². The van der Waals surface area contributed by atoms with Crippen LogP contribution in [0.25, 0.3) is 0 Å². The molecule has 0 aliphatic rings. The summed E-state index contributed by atoms with van der Waals surface area (Å²) in [6.45, 7) is 9.66. The summed E-state index contributed by atoms with van der Waals surface area (Å²) in [7, 11) is 0. The van der Waals surface area contributed by atoms with Crippen molar-refractivity contribution in [1.82, 2.24) is 9.55 Å². The summed E-state index contributed by atoms with van der Waals surface area (Å²) in [5.41, 5.74) is 1.21. The molecule has 1 heterocycles. The molecule has 0 atom stereocenters. The van der Waals surface area contributed by atoms with Crippen molar-refractivity contribution in [3.63, 3.8) is 0 Å².